The third-order valence-electron chi connectivity index (χ3n) is 2.46. The monoisotopic (exact) mass is 258 g/mol. The van der Waals surface area contributed by atoms with Crippen molar-refractivity contribution in [2.45, 2.75) is 52.4 Å². The van der Waals surface area contributed by atoms with Crippen molar-refractivity contribution in [2.75, 3.05) is 5.75 Å². The predicted octanol–water partition coefficient (Wildman–Crippen LogP) is 2.66. The molecule has 1 heterocycles. The van der Waals surface area contributed by atoms with Crippen molar-refractivity contribution in [3.63, 3.8) is 0 Å². The molecule has 1 N–H and O–H groups in total. The van der Waals surface area contributed by atoms with Gasteiger partial charge in [-0.15, -0.1) is 0 Å². The van der Waals surface area contributed by atoms with E-state index in [-0.39, 0.29) is 5.41 Å². The Morgan fingerprint density at radius 1 is 1.41 bits per heavy atom. The lowest BCUT2D eigenvalue weighted by Gasteiger charge is -2.24. The molecule has 17 heavy (non-hydrogen) atoms. The van der Waals surface area contributed by atoms with Gasteiger partial charge in [0, 0.05) is 0 Å². The number of hydrogen-bond acceptors (Lipinski definition) is 5. The molecule has 0 aliphatic rings. The Hall–Kier alpha value is -0.550. The van der Waals surface area contributed by atoms with Crippen LogP contribution in [0.5, 0.6) is 0 Å². The lowest BCUT2D eigenvalue weighted by atomic mass is 9.87. The van der Waals surface area contributed by atoms with E-state index in [0.29, 0.717) is 12.3 Å². The second-order valence-corrected chi connectivity index (χ2v) is 6.35. The predicted molar refractivity (Wildman–Crippen MR) is 69.9 cm³/mol. The third kappa shape index (κ3) is 5.08. The Kier molecular flexibility index (Phi) is 5.46. The number of aliphatic hydroxyl groups excluding tert-OH is 1. The van der Waals surface area contributed by atoms with Crippen molar-refractivity contribution in [2.24, 2.45) is 5.41 Å². The first-order chi connectivity index (χ1) is 7.93. The highest BCUT2D eigenvalue weighted by Crippen LogP contribution is 2.22. The van der Waals surface area contributed by atoms with Gasteiger partial charge in [-0.05, 0) is 17.6 Å². The van der Waals surface area contributed by atoms with E-state index in [0.717, 1.165) is 23.8 Å². The molecule has 0 aromatic carbocycles. The van der Waals surface area contributed by atoms with Gasteiger partial charge in [-0.25, -0.2) is 0 Å². The van der Waals surface area contributed by atoms with E-state index in [9.17, 15) is 5.11 Å². The zero-order valence-electron chi connectivity index (χ0n) is 11.1. The molecular weight excluding hydrogens is 236 g/mol. The maximum Gasteiger partial charge on any atom is 0.229 e. The number of aromatic nitrogens is 2. The van der Waals surface area contributed by atoms with E-state index < -0.39 is 6.10 Å². The molecule has 98 valence electrons. The highest BCUT2D eigenvalue weighted by Gasteiger charge is 2.24. The molecule has 0 bridgehead atoms. The molecule has 0 fully saturated rings. The zero-order chi connectivity index (χ0) is 12.9. The molecule has 0 spiro atoms. The quantitative estimate of drug-likeness (QED) is 0.795. The van der Waals surface area contributed by atoms with Gasteiger partial charge in [0.05, 0.1) is 18.3 Å². The zero-order valence-corrected chi connectivity index (χ0v) is 11.9. The highest BCUT2D eigenvalue weighted by molar-refractivity contribution is 7.98. The summed E-state index contributed by atoms with van der Waals surface area (Å²) in [5.74, 6) is 3.14. The van der Waals surface area contributed by atoms with E-state index in [1.807, 2.05) is 20.8 Å². The van der Waals surface area contributed by atoms with Gasteiger partial charge >= 0.3 is 0 Å². The van der Waals surface area contributed by atoms with Crippen molar-refractivity contribution in [3.05, 3.63) is 11.7 Å². The van der Waals surface area contributed by atoms with E-state index >= 15 is 0 Å². The van der Waals surface area contributed by atoms with Gasteiger partial charge in [0.1, 0.15) is 0 Å². The molecule has 1 unspecified atom stereocenters. The Balaban J connectivity index is 2.45. The average molecular weight is 258 g/mol. The molecule has 0 aliphatic heterocycles. The second kappa shape index (κ2) is 6.40. The van der Waals surface area contributed by atoms with Crippen molar-refractivity contribution >= 4 is 11.8 Å². The molecule has 1 aromatic rings. The fourth-order valence-corrected chi connectivity index (χ4v) is 1.94. The Bertz CT molecular complexity index is 333. The standard InChI is InChI=1S/C12H22N2O2S/c1-5-6-17-8-10-13-11(16-14-10)7-9(15)12(2,3)4/h9,15H,5-8H2,1-4H3. The summed E-state index contributed by atoms with van der Waals surface area (Å²) in [5, 5.41) is 13.8. The molecule has 1 aromatic heterocycles. The van der Waals surface area contributed by atoms with Crippen LogP contribution in [0.3, 0.4) is 0 Å². The van der Waals surface area contributed by atoms with Crippen LogP contribution < -0.4 is 0 Å². The van der Waals surface area contributed by atoms with Crippen LogP contribution in [0.4, 0.5) is 0 Å². The number of rotatable bonds is 6. The lowest BCUT2D eigenvalue weighted by Crippen LogP contribution is -2.28. The maximum absolute atomic E-state index is 9.93. The van der Waals surface area contributed by atoms with Gasteiger partial charge in [0.2, 0.25) is 5.89 Å². The van der Waals surface area contributed by atoms with Crippen LogP contribution in [-0.4, -0.2) is 27.1 Å². The van der Waals surface area contributed by atoms with Crippen molar-refractivity contribution in [3.8, 4) is 0 Å². The fourth-order valence-electron chi connectivity index (χ4n) is 1.21. The molecule has 0 saturated carbocycles. The van der Waals surface area contributed by atoms with Crippen molar-refractivity contribution in [1.29, 1.82) is 0 Å². The minimum Gasteiger partial charge on any atom is -0.392 e. The molecule has 5 heteroatoms. The van der Waals surface area contributed by atoms with Gasteiger partial charge in [-0.1, -0.05) is 32.9 Å². The van der Waals surface area contributed by atoms with Crippen LogP contribution in [0.15, 0.2) is 4.52 Å². The molecular formula is C12H22N2O2S. The van der Waals surface area contributed by atoms with Gasteiger partial charge in [-0.3, -0.25) is 0 Å². The first-order valence-corrected chi connectivity index (χ1v) is 7.16. The van der Waals surface area contributed by atoms with Crippen molar-refractivity contribution < 1.29 is 9.63 Å². The van der Waals surface area contributed by atoms with Gasteiger partial charge < -0.3 is 9.63 Å². The summed E-state index contributed by atoms with van der Waals surface area (Å²) in [6.45, 7) is 8.12. The van der Waals surface area contributed by atoms with Crippen LogP contribution in [0, 0.1) is 5.41 Å². The Morgan fingerprint density at radius 2 is 2.12 bits per heavy atom. The molecule has 1 atom stereocenters. The highest BCUT2D eigenvalue weighted by atomic mass is 32.2. The minimum absolute atomic E-state index is 0.161. The first kappa shape index (κ1) is 14.5. The lowest BCUT2D eigenvalue weighted by molar-refractivity contribution is 0.0565. The summed E-state index contributed by atoms with van der Waals surface area (Å²) < 4.78 is 5.13. The number of thioether (sulfide) groups is 1. The second-order valence-electron chi connectivity index (χ2n) is 5.24. The van der Waals surface area contributed by atoms with Crippen LogP contribution in [0.25, 0.3) is 0 Å². The van der Waals surface area contributed by atoms with E-state index in [4.69, 9.17) is 4.52 Å². The van der Waals surface area contributed by atoms with Crippen LogP contribution >= 0.6 is 11.8 Å². The van der Waals surface area contributed by atoms with Gasteiger partial charge in [0.25, 0.3) is 0 Å². The number of hydrogen-bond donors (Lipinski definition) is 1. The minimum atomic E-state index is -0.459. The van der Waals surface area contributed by atoms with E-state index in [2.05, 4.69) is 17.1 Å². The number of aliphatic hydroxyl groups is 1. The molecule has 1 rings (SSSR count). The summed E-state index contributed by atoms with van der Waals surface area (Å²) >= 11 is 1.80. The largest absolute Gasteiger partial charge is 0.392 e. The summed E-state index contributed by atoms with van der Waals surface area (Å²) in [5.41, 5.74) is -0.161. The summed E-state index contributed by atoms with van der Waals surface area (Å²) in [6, 6.07) is 0. The van der Waals surface area contributed by atoms with E-state index in [1.165, 1.54) is 0 Å². The molecule has 0 amide bonds. The van der Waals surface area contributed by atoms with E-state index in [1.54, 1.807) is 11.8 Å². The summed E-state index contributed by atoms with van der Waals surface area (Å²) in [4.78, 5) is 4.28. The van der Waals surface area contributed by atoms with Gasteiger partial charge in [0.15, 0.2) is 5.82 Å². The van der Waals surface area contributed by atoms with Crippen molar-refractivity contribution in [1.82, 2.24) is 10.1 Å². The smallest absolute Gasteiger partial charge is 0.229 e. The van der Waals surface area contributed by atoms with Crippen LogP contribution in [-0.2, 0) is 12.2 Å². The van der Waals surface area contributed by atoms with Crippen LogP contribution in [0.1, 0.15) is 45.8 Å². The topological polar surface area (TPSA) is 59.2 Å². The fraction of sp³-hybridized carbons (Fsp3) is 0.833. The summed E-state index contributed by atoms with van der Waals surface area (Å²) in [7, 11) is 0. The summed E-state index contributed by atoms with van der Waals surface area (Å²) in [6.07, 6.45) is 1.12. The van der Waals surface area contributed by atoms with Crippen LogP contribution in [0.2, 0.25) is 0 Å². The Morgan fingerprint density at radius 3 is 2.71 bits per heavy atom. The third-order valence-corrected chi connectivity index (χ3v) is 3.62. The average Bonchev–Trinajstić information content (AvgIpc) is 2.65. The maximum atomic E-state index is 9.93. The normalized spacial score (nSPS) is 13.9. The first-order valence-electron chi connectivity index (χ1n) is 6.00. The molecule has 0 aliphatic carbocycles. The number of nitrogens with zero attached hydrogens (tertiary/aromatic N) is 2. The molecule has 0 saturated heterocycles. The SMILES string of the molecule is CCCSCc1noc(CC(O)C(C)(C)C)n1. The molecule has 4 nitrogen and oxygen atoms in total. The van der Waals surface area contributed by atoms with Gasteiger partial charge in [-0.2, -0.15) is 16.7 Å². The molecule has 0 radical (unpaired) electrons. The Labute approximate surface area is 107 Å².